The highest BCUT2D eigenvalue weighted by Gasteiger charge is 2.17. The van der Waals surface area contributed by atoms with E-state index < -0.39 is 0 Å². The second-order valence-corrected chi connectivity index (χ2v) is 8.53. The predicted octanol–water partition coefficient (Wildman–Crippen LogP) is 6.93. The quantitative estimate of drug-likeness (QED) is 0.519. The van der Waals surface area contributed by atoms with Gasteiger partial charge in [0.15, 0.2) is 0 Å². The molecule has 1 heterocycles. The van der Waals surface area contributed by atoms with Gasteiger partial charge in [-0.2, -0.15) is 0 Å². The number of halogens is 1. The van der Waals surface area contributed by atoms with Crippen molar-refractivity contribution in [3.63, 3.8) is 0 Å². The van der Waals surface area contributed by atoms with Crippen LogP contribution in [0.15, 0.2) is 48.5 Å². The van der Waals surface area contributed by atoms with Crippen molar-refractivity contribution in [2.75, 3.05) is 5.32 Å². The predicted molar refractivity (Wildman–Crippen MR) is 112 cm³/mol. The maximum atomic E-state index is 12.6. The van der Waals surface area contributed by atoms with Gasteiger partial charge in [-0.05, 0) is 36.1 Å². The molecule has 1 saturated carbocycles. The number of hydrogen-bond donors (Lipinski definition) is 1. The maximum Gasteiger partial charge on any atom is 0.267 e. The average molecular weight is 384 g/mol. The molecule has 1 aliphatic rings. The number of fused-ring (bicyclic) bond motifs is 1. The van der Waals surface area contributed by atoms with Gasteiger partial charge >= 0.3 is 0 Å². The molecule has 1 aromatic heterocycles. The molecular formula is C22H22ClNOS. The fourth-order valence-corrected chi connectivity index (χ4v) is 5.21. The summed E-state index contributed by atoms with van der Waals surface area (Å²) in [5, 5.41) is 4.45. The van der Waals surface area contributed by atoms with E-state index in [1.54, 1.807) is 0 Å². The Bertz CT molecular complexity index is 910. The summed E-state index contributed by atoms with van der Waals surface area (Å²) >= 11 is 7.84. The topological polar surface area (TPSA) is 29.1 Å². The normalized spacial score (nSPS) is 15.3. The van der Waals surface area contributed by atoms with Crippen LogP contribution < -0.4 is 5.32 Å². The Morgan fingerprint density at radius 1 is 1.04 bits per heavy atom. The van der Waals surface area contributed by atoms with Crippen molar-refractivity contribution < 1.29 is 4.79 Å². The monoisotopic (exact) mass is 383 g/mol. The summed E-state index contributed by atoms with van der Waals surface area (Å²) in [7, 11) is 0. The van der Waals surface area contributed by atoms with Gasteiger partial charge < -0.3 is 5.32 Å². The maximum absolute atomic E-state index is 12.6. The van der Waals surface area contributed by atoms with Gasteiger partial charge in [-0.1, -0.05) is 74.0 Å². The first kappa shape index (κ1) is 17.6. The second kappa shape index (κ2) is 7.81. The summed E-state index contributed by atoms with van der Waals surface area (Å²) in [4.78, 5) is 13.2. The third kappa shape index (κ3) is 3.79. The number of benzene rings is 2. The molecule has 0 radical (unpaired) electrons. The van der Waals surface area contributed by atoms with Gasteiger partial charge in [0.25, 0.3) is 5.91 Å². The molecule has 2 nitrogen and oxygen atoms in total. The van der Waals surface area contributed by atoms with Gasteiger partial charge in [-0.15, -0.1) is 11.3 Å². The van der Waals surface area contributed by atoms with Crippen LogP contribution in [0.4, 0.5) is 5.69 Å². The minimum absolute atomic E-state index is 0.142. The summed E-state index contributed by atoms with van der Waals surface area (Å²) in [6.07, 6.45) is 7.98. The first-order valence-corrected chi connectivity index (χ1v) is 10.5. The molecule has 0 spiro atoms. The largest absolute Gasteiger partial charge is 0.321 e. The zero-order chi connectivity index (χ0) is 17.9. The Labute approximate surface area is 163 Å². The molecule has 1 amide bonds. The van der Waals surface area contributed by atoms with Gasteiger partial charge in [-0.3, -0.25) is 4.79 Å². The number of carbonyl (C=O) groups is 1. The van der Waals surface area contributed by atoms with Crippen LogP contribution in [0, 0.1) is 5.92 Å². The lowest BCUT2D eigenvalue weighted by Gasteiger charge is -2.21. The molecule has 26 heavy (non-hydrogen) atoms. The number of hydrogen-bond acceptors (Lipinski definition) is 2. The molecule has 0 atom stereocenters. The summed E-state index contributed by atoms with van der Waals surface area (Å²) in [5.74, 6) is 0.678. The van der Waals surface area contributed by atoms with E-state index in [-0.39, 0.29) is 5.91 Å². The van der Waals surface area contributed by atoms with Crippen molar-refractivity contribution in [1.82, 2.24) is 0 Å². The van der Waals surface area contributed by atoms with Crippen molar-refractivity contribution in [3.05, 3.63) is 64.0 Å². The highest BCUT2D eigenvalue weighted by molar-refractivity contribution is 7.21. The average Bonchev–Trinajstić information content (AvgIpc) is 3.01. The minimum atomic E-state index is -0.142. The highest BCUT2D eigenvalue weighted by Crippen LogP contribution is 2.35. The van der Waals surface area contributed by atoms with Crippen molar-refractivity contribution in [1.29, 1.82) is 0 Å². The zero-order valence-corrected chi connectivity index (χ0v) is 16.2. The molecular weight excluding hydrogens is 362 g/mol. The van der Waals surface area contributed by atoms with Crippen LogP contribution in [0.2, 0.25) is 5.02 Å². The summed E-state index contributed by atoms with van der Waals surface area (Å²) in [5.41, 5.74) is 2.17. The number of amides is 1. The van der Waals surface area contributed by atoms with Gasteiger partial charge in [0, 0.05) is 15.8 Å². The molecule has 2 aromatic carbocycles. The number of anilines is 1. The Kier molecular flexibility index (Phi) is 5.28. The second-order valence-electron chi connectivity index (χ2n) is 7.10. The Morgan fingerprint density at radius 3 is 2.50 bits per heavy atom. The lowest BCUT2D eigenvalue weighted by Crippen LogP contribution is -2.11. The first-order valence-electron chi connectivity index (χ1n) is 9.28. The van der Waals surface area contributed by atoms with Crippen LogP contribution in [0.5, 0.6) is 0 Å². The molecule has 134 valence electrons. The lowest BCUT2D eigenvalue weighted by atomic mass is 9.85. The van der Waals surface area contributed by atoms with E-state index in [0.717, 1.165) is 28.1 Å². The van der Waals surface area contributed by atoms with E-state index in [9.17, 15) is 4.79 Å². The molecule has 1 fully saturated rings. The lowest BCUT2D eigenvalue weighted by molar-refractivity contribution is 0.103. The van der Waals surface area contributed by atoms with Gasteiger partial charge in [0.2, 0.25) is 0 Å². The van der Waals surface area contributed by atoms with Gasteiger partial charge in [0.05, 0.1) is 5.02 Å². The van der Waals surface area contributed by atoms with E-state index in [1.165, 1.54) is 49.0 Å². The third-order valence-electron chi connectivity index (χ3n) is 5.20. The smallest absolute Gasteiger partial charge is 0.267 e. The highest BCUT2D eigenvalue weighted by atomic mass is 35.5. The van der Waals surface area contributed by atoms with Crippen molar-refractivity contribution >= 4 is 44.6 Å². The van der Waals surface area contributed by atoms with Gasteiger partial charge in [-0.25, -0.2) is 0 Å². The molecule has 4 heteroatoms. The minimum Gasteiger partial charge on any atom is -0.321 e. The Balaban J connectivity index is 1.44. The number of thiophene rings is 1. The third-order valence-corrected chi connectivity index (χ3v) is 6.88. The van der Waals surface area contributed by atoms with Crippen LogP contribution in [0.3, 0.4) is 0 Å². The molecule has 4 rings (SSSR count). The number of carbonyl (C=O) groups excluding carboxylic acids is 1. The zero-order valence-electron chi connectivity index (χ0n) is 14.6. The van der Waals surface area contributed by atoms with E-state index in [2.05, 4.69) is 17.4 Å². The Hall–Kier alpha value is -1.84. The molecule has 0 saturated heterocycles. The molecule has 1 aliphatic carbocycles. The van der Waals surface area contributed by atoms with Gasteiger partial charge in [0.1, 0.15) is 4.88 Å². The van der Waals surface area contributed by atoms with E-state index in [4.69, 9.17) is 11.6 Å². The van der Waals surface area contributed by atoms with Crippen LogP contribution >= 0.6 is 22.9 Å². The molecule has 0 bridgehead atoms. The van der Waals surface area contributed by atoms with E-state index in [0.29, 0.717) is 9.90 Å². The molecule has 0 aliphatic heterocycles. The van der Waals surface area contributed by atoms with Crippen LogP contribution in [0.1, 0.15) is 47.3 Å². The summed E-state index contributed by atoms with van der Waals surface area (Å²) < 4.78 is 1.03. The fourth-order valence-electron chi connectivity index (χ4n) is 3.80. The van der Waals surface area contributed by atoms with Crippen molar-refractivity contribution in [3.8, 4) is 0 Å². The van der Waals surface area contributed by atoms with Crippen LogP contribution in [-0.2, 0) is 6.42 Å². The number of rotatable bonds is 4. The molecule has 3 aromatic rings. The standard InChI is InChI=1S/C22H22ClNOS/c23-20-18-8-4-5-9-19(18)26-21(20)22(25)24-17-12-10-16(11-13-17)14-15-6-2-1-3-7-15/h4-5,8-13,15H,1-3,6-7,14H2,(H,24,25). The van der Waals surface area contributed by atoms with E-state index in [1.807, 2.05) is 36.4 Å². The summed E-state index contributed by atoms with van der Waals surface area (Å²) in [6.45, 7) is 0. The van der Waals surface area contributed by atoms with E-state index >= 15 is 0 Å². The molecule has 0 unspecified atom stereocenters. The fraction of sp³-hybridized carbons (Fsp3) is 0.318. The number of nitrogens with one attached hydrogen (secondary N) is 1. The van der Waals surface area contributed by atoms with Crippen molar-refractivity contribution in [2.45, 2.75) is 38.5 Å². The van der Waals surface area contributed by atoms with Crippen LogP contribution in [-0.4, -0.2) is 5.91 Å². The Morgan fingerprint density at radius 2 is 1.77 bits per heavy atom. The molecule has 1 N–H and O–H groups in total. The first-order chi connectivity index (χ1) is 12.7. The van der Waals surface area contributed by atoms with Crippen LogP contribution in [0.25, 0.3) is 10.1 Å². The summed E-state index contributed by atoms with van der Waals surface area (Å²) in [6, 6.07) is 16.1. The SMILES string of the molecule is O=C(Nc1ccc(CC2CCCCC2)cc1)c1sc2ccccc2c1Cl. The van der Waals surface area contributed by atoms with Crippen molar-refractivity contribution in [2.24, 2.45) is 5.92 Å².